The largest absolute Gasteiger partial charge is 0.493 e. The third-order valence-electron chi connectivity index (χ3n) is 5.15. The van der Waals surface area contributed by atoms with Crippen LogP contribution in [0.1, 0.15) is 42.9 Å². The Kier molecular flexibility index (Phi) is 7.04. The maximum Gasteiger partial charge on any atom is 0.303 e. The average Bonchev–Trinajstić information content (AvgIpc) is 3.23. The summed E-state index contributed by atoms with van der Waals surface area (Å²) in [4.78, 5) is 34.7. The summed E-state index contributed by atoms with van der Waals surface area (Å²) < 4.78 is 10.6. The van der Waals surface area contributed by atoms with Crippen molar-refractivity contribution < 1.29 is 29.1 Å². The van der Waals surface area contributed by atoms with Crippen LogP contribution in [0.25, 0.3) is 0 Å². The maximum absolute atomic E-state index is 12.9. The summed E-state index contributed by atoms with van der Waals surface area (Å²) in [6, 6.07) is 10.9. The second-order valence-electron chi connectivity index (χ2n) is 7.14. The van der Waals surface area contributed by atoms with E-state index < -0.39 is 16.9 Å². The molecule has 2 aromatic rings. The lowest BCUT2D eigenvalue weighted by Gasteiger charge is -2.23. The monoisotopic (exact) mass is 441 g/mol. The minimum Gasteiger partial charge on any atom is -0.493 e. The van der Waals surface area contributed by atoms with Gasteiger partial charge in [-0.15, -0.1) is 0 Å². The Morgan fingerprint density at radius 2 is 1.88 bits per heavy atom. The molecule has 3 rings (SSSR count). The molecule has 0 unspecified atom stereocenters. The summed E-state index contributed by atoms with van der Waals surface area (Å²) >= 11 is 0. The van der Waals surface area contributed by atoms with Crippen molar-refractivity contribution >= 4 is 23.3 Å². The van der Waals surface area contributed by atoms with Crippen molar-refractivity contribution in [3.63, 3.8) is 0 Å². The van der Waals surface area contributed by atoms with Gasteiger partial charge in [0.25, 0.3) is 5.69 Å². The quantitative estimate of drug-likeness (QED) is 0.465. The van der Waals surface area contributed by atoms with Crippen LogP contribution in [0.3, 0.4) is 0 Å². The smallest absolute Gasteiger partial charge is 0.303 e. The molecular formula is C22H23N3O7. The highest BCUT2D eigenvalue weighted by Gasteiger charge is 2.35. The van der Waals surface area contributed by atoms with Gasteiger partial charge in [0.1, 0.15) is 0 Å². The highest BCUT2D eigenvalue weighted by atomic mass is 16.6. The summed E-state index contributed by atoms with van der Waals surface area (Å²) in [6.45, 7) is 0. The van der Waals surface area contributed by atoms with Crippen molar-refractivity contribution in [2.75, 3.05) is 14.2 Å². The normalized spacial score (nSPS) is 15.2. The Hall–Kier alpha value is -3.95. The number of nitro benzene ring substituents is 1. The first-order valence-corrected chi connectivity index (χ1v) is 9.92. The van der Waals surface area contributed by atoms with Crippen LogP contribution in [-0.4, -0.2) is 46.8 Å². The molecule has 0 aliphatic carbocycles. The zero-order chi connectivity index (χ0) is 23.3. The molecule has 1 amide bonds. The number of hydrogen-bond donors (Lipinski definition) is 1. The van der Waals surface area contributed by atoms with Crippen LogP contribution >= 0.6 is 0 Å². The second kappa shape index (κ2) is 9.90. The van der Waals surface area contributed by atoms with E-state index in [0.29, 0.717) is 28.3 Å². The van der Waals surface area contributed by atoms with Crippen molar-refractivity contribution in [1.29, 1.82) is 0 Å². The van der Waals surface area contributed by atoms with Crippen LogP contribution in [0.5, 0.6) is 11.5 Å². The first-order valence-electron chi connectivity index (χ1n) is 9.92. The number of amides is 1. The molecule has 0 fully saturated rings. The summed E-state index contributed by atoms with van der Waals surface area (Å²) in [6.07, 6.45) is 0.274. The van der Waals surface area contributed by atoms with Crippen molar-refractivity contribution in [2.45, 2.75) is 31.7 Å². The van der Waals surface area contributed by atoms with E-state index in [4.69, 9.17) is 14.6 Å². The van der Waals surface area contributed by atoms with Gasteiger partial charge in [-0.05, 0) is 30.2 Å². The molecule has 0 spiro atoms. The molecule has 10 heteroatoms. The molecule has 0 saturated carbocycles. The molecule has 0 radical (unpaired) electrons. The van der Waals surface area contributed by atoms with Gasteiger partial charge in [-0.2, -0.15) is 5.10 Å². The zero-order valence-electron chi connectivity index (χ0n) is 17.7. The van der Waals surface area contributed by atoms with Gasteiger partial charge in [0.2, 0.25) is 5.91 Å². The fraction of sp³-hybridized carbons (Fsp3) is 0.318. The number of hydrogen-bond acceptors (Lipinski definition) is 7. The van der Waals surface area contributed by atoms with Gasteiger partial charge in [0.15, 0.2) is 11.5 Å². The van der Waals surface area contributed by atoms with Crippen LogP contribution in [0, 0.1) is 10.1 Å². The van der Waals surface area contributed by atoms with Crippen molar-refractivity contribution in [3.8, 4) is 11.5 Å². The second-order valence-corrected chi connectivity index (χ2v) is 7.14. The number of carboxylic acids is 1. The SMILES string of the molecule is COc1ccc([C@H]2CC(c3ccccc3[N+](=O)[O-])=NN2C(=O)CCCC(=O)O)cc1OC. The lowest BCUT2D eigenvalue weighted by molar-refractivity contribution is -0.385. The molecular weight excluding hydrogens is 418 g/mol. The van der Waals surface area contributed by atoms with Gasteiger partial charge in [-0.1, -0.05) is 18.2 Å². The van der Waals surface area contributed by atoms with Crippen LogP contribution in [0.4, 0.5) is 5.69 Å². The van der Waals surface area contributed by atoms with Crippen LogP contribution < -0.4 is 9.47 Å². The molecule has 0 aromatic heterocycles. The number of methoxy groups -OCH3 is 2. The Morgan fingerprint density at radius 1 is 1.16 bits per heavy atom. The minimum atomic E-state index is -0.986. The van der Waals surface area contributed by atoms with Gasteiger partial charge in [-0.3, -0.25) is 19.7 Å². The number of rotatable bonds is 9. The Balaban J connectivity index is 1.98. The Labute approximate surface area is 184 Å². The highest BCUT2D eigenvalue weighted by molar-refractivity contribution is 6.06. The van der Waals surface area contributed by atoms with Crippen LogP contribution in [0.15, 0.2) is 47.6 Å². The van der Waals surface area contributed by atoms with Gasteiger partial charge >= 0.3 is 5.97 Å². The number of nitro groups is 1. The fourth-order valence-corrected chi connectivity index (χ4v) is 3.60. The van der Waals surface area contributed by atoms with E-state index in [1.807, 2.05) is 0 Å². The lowest BCUT2D eigenvalue weighted by atomic mass is 9.97. The van der Waals surface area contributed by atoms with E-state index in [1.54, 1.807) is 36.4 Å². The molecule has 1 heterocycles. The van der Waals surface area contributed by atoms with E-state index >= 15 is 0 Å². The van der Waals surface area contributed by atoms with E-state index in [2.05, 4.69) is 5.10 Å². The predicted molar refractivity (Wildman–Crippen MR) is 115 cm³/mol. The third kappa shape index (κ3) is 4.85. The molecule has 1 atom stereocenters. The summed E-state index contributed by atoms with van der Waals surface area (Å²) in [5.41, 5.74) is 1.36. The van der Waals surface area contributed by atoms with Crippen molar-refractivity contribution in [2.24, 2.45) is 5.10 Å². The predicted octanol–water partition coefficient (Wildman–Crippen LogP) is 3.54. The number of para-hydroxylation sites is 1. The van der Waals surface area contributed by atoms with Gasteiger partial charge < -0.3 is 14.6 Å². The Morgan fingerprint density at radius 3 is 2.53 bits per heavy atom. The van der Waals surface area contributed by atoms with Crippen molar-refractivity contribution in [3.05, 3.63) is 63.7 Å². The molecule has 1 N–H and O–H groups in total. The van der Waals surface area contributed by atoms with Gasteiger partial charge in [-0.25, -0.2) is 5.01 Å². The average molecular weight is 441 g/mol. The number of carbonyl (C=O) groups is 2. The lowest BCUT2D eigenvalue weighted by Crippen LogP contribution is -2.27. The number of nitrogens with zero attached hydrogens (tertiary/aromatic N) is 3. The molecule has 168 valence electrons. The number of carboxylic acid groups (broad SMARTS) is 1. The standard InChI is InChI=1S/C22H23N3O7/c1-31-19-11-10-14(12-20(19)32-2)18-13-16(15-6-3-4-7-17(15)25(29)30)23-24(18)21(26)8-5-9-22(27)28/h3-4,6-7,10-12,18H,5,8-9,13H2,1-2H3,(H,27,28)/t18-/m1/s1. The molecule has 1 aliphatic rings. The number of aliphatic carboxylic acids is 1. The van der Waals surface area contributed by atoms with E-state index in [-0.39, 0.29) is 37.3 Å². The molecule has 0 bridgehead atoms. The molecule has 1 aliphatic heterocycles. The third-order valence-corrected chi connectivity index (χ3v) is 5.15. The number of hydrazone groups is 1. The maximum atomic E-state index is 12.9. The number of ether oxygens (including phenoxy) is 2. The summed E-state index contributed by atoms with van der Waals surface area (Å²) in [7, 11) is 3.02. The van der Waals surface area contributed by atoms with E-state index in [9.17, 15) is 19.7 Å². The first-order chi connectivity index (χ1) is 15.3. The molecule has 0 saturated heterocycles. The van der Waals surface area contributed by atoms with Crippen LogP contribution in [0.2, 0.25) is 0 Å². The first kappa shape index (κ1) is 22.7. The summed E-state index contributed by atoms with van der Waals surface area (Å²) in [5.74, 6) is -0.352. The highest BCUT2D eigenvalue weighted by Crippen LogP contribution is 2.38. The molecule has 32 heavy (non-hydrogen) atoms. The molecule has 10 nitrogen and oxygen atoms in total. The summed E-state index contributed by atoms with van der Waals surface area (Å²) in [5, 5.41) is 26.1. The number of benzene rings is 2. The zero-order valence-corrected chi connectivity index (χ0v) is 17.7. The molecule has 2 aromatic carbocycles. The topological polar surface area (TPSA) is 132 Å². The van der Waals surface area contributed by atoms with Crippen LogP contribution in [-0.2, 0) is 9.59 Å². The van der Waals surface area contributed by atoms with E-state index in [0.717, 1.165) is 0 Å². The minimum absolute atomic E-state index is 0.0102. The fourth-order valence-electron chi connectivity index (χ4n) is 3.60. The van der Waals surface area contributed by atoms with E-state index in [1.165, 1.54) is 25.3 Å². The number of carbonyl (C=O) groups excluding carboxylic acids is 1. The van der Waals surface area contributed by atoms with Crippen molar-refractivity contribution in [1.82, 2.24) is 5.01 Å². The van der Waals surface area contributed by atoms with Gasteiger partial charge in [0.05, 0.1) is 36.5 Å². The Bertz CT molecular complexity index is 1070. The van der Waals surface area contributed by atoms with Gasteiger partial charge in [0, 0.05) is 25.3 Å².